The van der Waals surface area contributed by atoms with Crippen molar-refractivity contribution in [2.45, 2.75) is 30.0 Å². The van der Waals surface area contributed by atoms with Gasteiger partial charge in [0.2, 0.25) is 9.84 Å². The summed E-state index contributed by atoms with van der Waals surface area (Å²) in [5.41, 5.74) is 0.663. The van der Waals surface area contributed by atoms with E-state index in [2.05, 4.69) is 0 Å². The van der Waals surface area contributed by atoms with Crippen LogP contribution in [-0.2, 0) is 9.84 Å². The molecular weight excluding hydrogens is 274 g/mol. The summed E-state index contributed by atoms with van der Waals surface area (Å²) < 4.78 is 47.2. The highest BCUT2D eigenvalue weighted by Crippen LogP contribution is 2.22. The predicted octanol–water partition coefficient (Wildman–Crippen LogP) is 2.42. The van der Waals surface area contributed by atoms with Gasteiger partial charge in [0.05, 0.1) is 17.4 Å². The monoisotopic (exact) mass is 288 g/mol. The minimum absolute atomic E-state index is 0.0532. The molecule has 0 bridgehead atoms. The van der Waals surface area contributed by atoms with Crippen molar-refractivity contribution in [3.05, 3.63) is 24.3 Å². The second-order valence-corrected chi connectivity index (χ2v) is 6.04. The molecule has 1 aromatic rings. The van der Waals surface area contributed by atoms with Crippen LogP contribution in [0.4, 0.5) is 14.5 Å². The number of nitrogens with zero attached hydrogens (tertiary/aromatic N) is 2. The summed E-state index contributed by atoms with van der Waals surface area (Å²) in [6.45, 7) is 1.84. The molecule has 1 atom stereocenters. The topological polar surface area (TPSA) is 61.2 Å². The lowest BCUT2D eigenvalue weighted by Gasteiger charge is -2.25. The average molecular weight is 288 g/mol. The van der Waals surface area contributed by atoms with Crippen molar-refractivity contribution in [2.75, 3.05) is 11.9 Å². The second kappa shape index (κ2) is 5.97. The first kappa shape index (κ1) is 15.4. The number of hydrogen-bond acceptors (Lipinski definition) is 4. The van der Waals surface area contributed by atoms with Crippen LogP contribution >= 0.6 is 0 Å². The highest BCUT2D eigenvalue weighted by atomic mass is 32.2. The lowest BCUT2D eigenvalue weighted by molar-refractivity contribution is 0.234. The fraction of sp³-hybridized carbons (Fsp3) is 0.417. The van der Waals surface area contributed by atoms with E-state index in [9.17, 15) is 17.2 Å². The molecule has 0 aliphatic heterocycles. The van der Waals surface area contributed by atoms with Crippen molar-refractivity contribution in [3.63, 3.8) is 0 Å². The van der Waals surface area contributed by atoms with Gasteiger partial charge in [-0.2, -0.15) is 14.0 Å². The molecule has 1 aromatic carbocycles. The van der Waals surface area contributed by atoms with Gasteiger partial charge in [-0.25, -0.2) is 8.42 Å². The number of halogens is 2. The summed E-state index contributed by atoms with van der Waals surface area (Å²) in [7, 11) is -2.81. The first-order valence-electron chi connectivity index (χ1n) is 5.52. The first-order valence-corrected chi connectivity index (χ1v) is 7.07. The summed E-state index contributed by atoms with van der Waals surface area (Å²) >= 11 is 0. The van der Waals surface area contributed by atoms with Crippen molar-refractivity contribution in [1.29, 1.82) is 5.26 Å². The van der Waals surface area contributed by atoms with E-state index in [1.54, 1.807) is 11.9 Å². The van der Waals surface area contributed by atoms with Crippen LogP contribution in [0.25, 0.3) is 0 Å². The van der Waals surface area contributed by atoms with Crippen LogP contribution in [0.5, 0.6) is 0 Å². The lowest BCUT2D eigenvalue weighted by atomic mass is 10.2. The van der Waals surface area contributed by atoms with Crippen LogP contribution < -0.4 is 4.90 Å². The van der Waals surface area contributed by atoms with Gasteiger partial charge in [-0.05, 0) is 31.2 Å². The van der Waals surface area contributed by atoms with Gasteiger partial charge in [-0.15, -0.1) is 0 Å². The molecule has 7 heteroatoms. The maximum Gasteiger partial charge on any atom is 0.341 e. The van der Waals surface area contributed by atoms with E-state index < -0.39 is 20.5 Å². The van der Waals surface area contributed by atoms with Gasteiger partial charge in [0.1, 0.15) is 0 Å². The zero-order chi connectivity index (χ0) is 14.6. The maximum atomic E-state index is 12.4. The van der Waals surface area contributed by atoms with Crippen molar-refractivity contribution in [3.8, 4) is 6.07 Å². The Hall–Kier alpha value is -1.68. The van der Waals surface area contributed by atoms with Gasteiger partial charge >= 0.3 is 5.76 Å². The fourth-order valence-corrected chi connectivity index (χ4v) is 2.22. The smallest absolute Gasteiger partial charge is 0.341 e. The van der Waals surface area contributed by atoms with Gasteiger partial charge in [0.15, 0.2) is 0 Å². The molecule has 4 nitrogen and oxygen atoms in total. The number of sulfone groups is 1. The molecule has 0 amide bonds. The Morgan fingerprint density at radius 3 is 2.26 bits per heavy atom. The number of hydrogen-bond donors (Lipinski definition) is 0. The minimum atomic E-state index is -4.55. The fourth-order valence-electron chi connectivity index (χ4n) is 1.50. The number of anilines is 1. The quantitative estimate of drug-likeness (QED) is 0.835. The van der Waals surface area contributed by atoms with Crippen LogP contribution in [0.1, 0.15) is 13.3 Å². The third kappa shape index (κ3) is 3.41. The van der Waals surface area contributed by atoms with Gasteiger partial charge < -0.3 is 4.90 Å². The SMILES string of the molecule is CC(CC#N)N(C)c1ccc(S(=O)(=O)C(F)F)cc1. The molecule has 104 valence electrons. The van der Waals surface area contributed by atoms with E-state index in [-0.39, 0.29) is 6.04 Å². The van der Waals surface area contributed by atoms with Crippen LogP contribution in [-0.4, -0.2) is 27.3 Å². The lowest BCUT2D eigenvalue weighted by Crippen LogP contribution is -2.28. The summed E-state index contributed by atoms with van der Waals surface area (Å²) in [6.07, 6.45) is 0.313. The molecule has 0 aromatic heterocycles. The molecule has 0 radical (unpaired) electrons. The van der Waals surface area contributed by atoms with Crippen LogP contribution in [0.2, 0.25) is 0 Å². The summed E-state index contributed by atoms with van der Waals surface area (Å²) in [6, 6.07) is 7.16. The van der Waals surface area contributed by atoms with Crippen molar-refractivity contribution < 1.29 is 17.2 Å². The van der Waals surface area contributed by atoms with E-state index in [0.29, 0.717) is 12.1 Å². The predicted molar refractivity (Wildman–Crippen MR) is 67.7 cm³/mol. The Morgan fingerprint density at radius 2 is 1.84 bits per heavy atom. The van der Waals surface area contributed by atoms with Crippen LogP contribution in [0.15, 0.2) is 29.2 Å². The summed E-state index contributed by atoms with van der Waals surface area (Å²) in [5.74, 6) is -3.42. The highest BCUT2D eigenvalue weighted by molar-refractivity contribution is 7.91. The van der Waals surface area contributed by atoms with Gasteiger partial charge in [-0.3, -0.25) is 0 Å². The second-order valence-electron chi connectivity index (χ2n) is 4.12. The molecule has 0 spiro atoms. The average Bonchev–Trinajstić information content (AvgIpc) is 2.38. The Bertz CT molecular complexity index is 564. The molecule has 0 N–H and O–H groups in total. The molecule has 0 fully saturated rings. The van der Waals surface area contributed by atoms with Gasteiger partial charge in [0.25, 0.3) is 0 Å². The van der Waals surface area contributed by atoms with E-state index in [1.807, 2.05) is 13.0 Å². The summed E-state index contributed by atoms with van der Waals surface area (Å²) in [5, 5.41) is 8.61. The zero-order valence-corrected chi connectivity index (χ0v) is 11.4. The number of rotatable bonds is 5. The Balaban J connectivity index is 2.98. The highest BCUT2D eigenvalue weighted by Gasteiger charge is 2.26. The number of benzene rings is 1. The molecule has 0 saturated carbocycles. The molecular formula is C12H14F2N2O2S. The molecule has 0 aliphatic carbocycles. The largest absolute Gasteiger partial charge is 0.371 e. The normalized spacial score (nSPS) is 13.1. The molecule has 19 heavy (non-hydrogen) atoms. The van der Waals surface area contributed by atoms with E-state index in [0.717, 1.165) is 12.1 Å². The van der Waals surface area contributed by atoms with Crippen LogP contribution in [0, 0.1) is 11.3 Å². The van der Waals surface area contributed by atoms with Crippen LogP contribution in [0.3, 0.4) is 0 Å². The van der Waals surface area contributed by atoms with Gasteiger partial charge in [-0.1, -0.05) is 0 Å². The van der Waals surface area contributed by atoms with E-state index in [4.69, 9.17) is 5.26 Å². The maximum absolute atomic E-state index is 12.4. The Kier molecular flexibility index (Phi) is 4.84. The van der Waals surface area contributed by atoms with E-state index in [1.165, 1.54) is 12.1 Å². The van der Waals surface area contributed by atoms with Crippen molar-refractivity contribution in [1.82, 2.24) is 0 Å². The zero-order valence-electron chi connectivity index (χ0n) is 10.5. The van der Waals surface area contributed by atoms with Gasteiger partial charge in [0, 0.05) is 18.8 Å². The summed E-state index contributed by atoms with van der Waals surface area (Å²) in [4.78, 5) is 1.37. The van der Waals surface area contributed by atoms with E-state index >= 15 is 0 Å². The Labute approximate surface area is 111 Å². The minimum Gasteiger partial charge on any atom is -0.371 e. The standard InChI is InChI=1S/C12H14F2N2O2S/c1-9(7-8-15)16(2)10-3-5-11(6-4-10)19(17,18)12(13)14/h3-6,9,12H,7H2,1-2H3. The third-order valence-electron chi connectivity index (χ3n) is 2.85. The molecule has 1 rings (SSSR count). The Morgan fingerprint density at radius 1 is 1.32 bits per heavy atom. The number of nitriles is 1. The first-order chi connectivity index (χ1) is 8.80. The third-order valence-corrected chi connectivity index (χ3v) is 4.25. The van der Waals surface area contributed by atoms with Crippen molar-refractivity contribution >= 4 is 15.5 Å². The van der Waals surface area contributed by atoms with Crippen molar-refractivity contribution in [2.24, 2.45) is 0 Å². The molecule has 0 aliphatic rings. The molecule has 1 unspecified atom stereocenters. The molecule has 0 heterocycles. The number of alkyl halides is 2. The molecule has 0 saturated heterocycles.